The number of likely N-dealkylation sites (N-methyl/N-ethyl adjacent to an activating group) is 1. The SMILES string of the molecule is CCCNc1nc(N(C)CCOC)c(Cl)cc1Cl. The van der Waals surface area contributed by atoms with E-state index in [9.17, 15) is 0 Å². The largest absolute Gasteiger partial charge is 0.383 e. The Morgan fingerprint density at radius 3 is 2.72 bits per heavy atom. The summed E-state index contributed by atoms with van der Waals surface area (Å²) in [7, 11) is 3.59. The van der Waals surface area contributed by atoms with Gasteiger partial charge in [0.25, 0.3) is 0 Å². The van der Waals surface area contributed by atoms with Crippen LogP contribution in [0.25, 0.3) is 0 Å². The Balaban J connectivity index is 2.89. The minimum Gasteiger partial charge on any atom is -0.383 e. The van der Waals surface area contributed by atoms with Crippen molar-refractivity contribution in [2.24, 2.45) is 0 Å². The average Bonchev–Trinajstić information content (AvgIpc) is 2.35. The number of anilines is 2. The fourth-order valence-electron chi connectivity index (χ4n) is 1.43. The van der Waals surface area contributed by atoms with Gasteiger partial charge in [-0.3, -0.25) is 0 Å². The van der Waals surface area contributed by atoms with Gasteiger partial charge in [0, 0.05) is 27.2 Å². The zero-order valence-electron chi connectivity index (χ0n) is 11.0. The van der Waals surface area contributed by atoms with Gasteiger partial charge in [-0.25, -0.2) is 4.98 Å². The fourth-order valence-corrected chi connectivity index (χ4v) is 2.00. The molecule has 6 heteroatoms. The van der Waals surface area contributed by atoms with Crippen LogP contribution in [-0.4, -0.2) is 38.8 Å². The van der Waals surface area contributed by atoms with E-state index in [1.165, 1.54) is 0 Å². The quantitative estimate of drug-likeness (QED) is 0.836. The van der Waals surface area contributed by atoms with Gasteiger partial charge >= 0.3 is 0 Å². The molecule has 4 nitrogen and oxygen atoms in total. The van der Waals surface area contributed by atoms with E-state index in [-0.39, 0.29) is 0 Å². The minimum atomic E-state index is 0.539. The van der Waals surface area contributed by atoms with Crippen molar-refractivity contribution in [3.8, 4) is 0 Å². The molecule has 0 aliphatic carbocycles. The third-order valence-corrected chi connectivity index (χ3v) is 3.01. The number of nitrogens with zero attached hydrogens (tertiary/aromatic N) is 2. The van der Waals surface area contributed by atoms with Gasteiger partial charge in [0.1, 0.15) is 11.6 Å². The molecule has 18 heavy (non-hydrogen) atoms. The van der Waals surface area contributed by atoms with Gasteiger partial charge in [0.15, 0.2) is 0 Å². The summed E-state index contributed by atoms with van der Waals surface area (Å²) >= 11 is 12.2. The highest BCUT2D eigenvalue weighted by atomic mass is 35.5. The maximum Gasteiger partial charge on any atom is 0.149 e. The molecule has 1 heterocycles. The molecule has 0 aliphatic heterocycles. The highest BCUT2D eigenvalue weighted by Gasteiger charge is 2.12. The number of ether oxygens (including phenoxy) is 1. The molecule has 0 fully saturated rings. The first kappa shape index (κ1) is 15.3. The van der Waals surface area contributed by atoms with E-state index < -0.39 is 0 Å². The lowest BCUT2D eigenvalue weighted by Gasteiger charge is -2.20. The molecule has 1 N–H and O–H groups in total. The van der Waals surface area contributed by atoms with Crippen LogP contribution < -0.4 is 10.2 Å². The summed E-state index contributed by atoms with van der Waals surface area (Å²) in [6, 6.07) is 1.72. The summed E-state index contributed by atoms with van der Waals surface area (Å²) in [6.07, 6.45) is 1.01. The number of hydrogen-bond acceptors (Lipinski definition) is 4. The van der Waals surface area contributed by atoms with Gasteiger partial charge in [-0.15, -0.1) is 0 Å². The number of rotatable bonds is 7. The van der Waals surface area contributed by atoms with E-state index in [1.807, 2.05) is 11.9 Å². The van der Waals surface area contributed by atoms with E-state index in [2.05, 4.69) is 17.2 Å². The van der Waals surface area contributed by atoms with Crippen molar-refractivity contribution in [3.05, 3.63) is 16.1 Å². The third-order valence-electron chi connectivity index (χ3n) is 2.45. The Bertz CT molecular complexity index is 388. The van der Waals surface area contributed by atoms with Crippen molar-refractivity contribution in [1.29, 1.82) is 0 Å². The maximum absolute atomic E-state index is 6.15. The predicted molar refractivity (Wildman–Crippen MR) is 78.2 cm³/mol. The Kier molecular flexibility index (Phi) is 6.54. The van der Waals surface area contributed by atoms with Crippen molar-refractivity contribution in [1.82, 2.24) is 4.98 Å². The van der Waals surface area contributed by atoms with E-state index >= 15 is 0 Å². The standard InChI is InChI=1S/C12H19Cl2N3O/c1-4-5-15-11-9(13)8-10(14)12(16-11)17(2)6-7-18-3/h8H,4-7H2,1-3H3,(H,15,16). The van der Waals surface area contributed by atoms with Crippen LogP contribution in [-0.2, 0) is 4.74 Å². The molecule has 1 rings (SSSR count). The van der Waals surface area contributed by atoms with Gasteiger partial charge in [-0.1, -0.05) is 30.1 Å². The minimum absolute atomic E-state index is 0.539. The molecule has 0 spiro atoms. The molecule has 0 radical (unpaired) electrons. The lowest BCUT2D eigenvalue weighted by atomic mass is 10.4. The highest BCUT2D eigenvalue weighted by molar-refractivity contribution is 6.37. The van der Waals surface area contributed by atoms with Gasteiger partial charge in [0.2, 0.25) is 0 Å². The summed E-state index contributed by atoms with van der Waals surface area (Å²) in [5.41, 5.74) is 0. The van der Waals surface area contributed by atoms with Crippen molar-refractivity contribution in [2.75, 3.05) is 44.1 Å². The van der Waals surface area contributed by atoms with Crippen molar-refractivity contribution in [3.63, 3.8) is 0 Å². The third kappa shape index (κ3) is 4.19. The lowest BCUT2D eigenvalue weighted by molar-refractivity contribution is 0.206. The lowest BCUT2D eigenvalue weighted by Crippen LogP contribution is -2.23. The van der Waals surface area contributed by atoms with E-state index in [4.69, 9.17) is 27.9 Å². The molecule has 1 aromatic heterocycles. The number of nitrogens with one attached hydrogen (secondary N) is 1. The highest BCUT2D eigenvalue weighted by Crippen LogP contribution is 2.30. The van der Waals surface area contributed by atoms with Crippen molar-refractivity contribution >= 4 is 34.8 Å². The molecule has 1 aromatic rings. The Morgan fingerprint density at radius 1 is 1.39 bits per heavy atom. The molecule has 0 unspecified atom stereocenters. The van der Waals surface area contributed by atoms with Crippen molar-refractivity contribution < 1.29 is 4.74 Å². The molecule has 0 amide bonds. The van der Waals surface area contributed by atoms with Crippen LogP contribution in [0.15, 0.2) is 6.07 Å². The first-order valence-corrected chi connectivity index (χ1v) is 6.65. The summed E-state index contributed by atoms with van der Waals surface area (Å²) < 4.78 is 5.04. The molecule has 0 aliphatic rings. The van der Waals surface area contributed by atoms with Gasteiger partial charge < -0.3 is 15.0 Å². The topological polar surface area (TPSA) is 37.4 Å². The summed E-state index contributed by atoms with van der Waals surface area (Å²) in [6.45, 7) is 4.25. The number of halogens is 2. The Hall–Kier alpha value is -0.710. The normalized spacial score (nSPS) is 10.5. The number of pyridine rings is 1. The maximum atomic E-state index is 6.15. The Labute approximate surface area is 118 Å². The first-order chi connectivity index (χ1) is 8.60. The molecular weight excluding hydrogens is 273 g/mol. The van der Waals surface area contributed by atoms with Crippen LogP contribution in [0.2, 0.25) is 10.0 Å². The second kappa shape index (κ2) is 7.67. The zero-order chi connectivity index (χ0) is 13.5. The average molecular weight is 292 g/mol. The van der Waals surface area contributed by atoms with Crippen LogP contribution >= 0.6 is 23.2 Å². The summed E-state index contributed by atoms with van der Waals surface area (Å²) in [5, 5.41) is 4.26. The molecule has 0 saturated carbocycles. The molecular formula is C12H19Cl2N3O. The van der Waals surface area contributed by atoms with Gasteiger partial charge in [-0.2, -0.15) is 0 Å². The van der Waals surface area contributed by atoms with Crippen LogP contribution in [0.1, 0.15) is 13.3 Å². The van der Waals surface area contributed by atoms with E-state index in [0.717, 1.165) is 19.5 Å². The molecule has 0 aromatic carbocycles. The second-order valence-electron chi connectivity index (χ2n) is 3.97. The number of methoxy groups -OCH3 is 1. The number of hydrogen-bond donors (Lipinski definition) is 1. The number of aromatic nitrogens is 1. The zero-order valence-corrected chi connectivity index (χ0v) is 12.5. The van der Waals surface area contributed by atoms with Gasteiger partial charge in [0.05, 0.1) is 16.7 Å². The second-order valence-corrected chi connectivity index (χ2v) is 4.78. The first-order valence-electron chi connectivity index (χ1n) is 5.90. The van der Waals surface area contributed by atoms with E-state index in [1.54, 1.807) is 13.2 Å². The van der Waals surface area contributed by atoms with Crippen LogP contribution in [0.5, 0.6) is 0 Å². The van der Waals surface area contributed by atoms with Crippen LogP contribution in [0.3, 0.4) is 0 Å². The van der Waals surface area contributed by atoms with Crippen LogP contribution in [0, 0.1) is 0 Å². The predicted octanol–water partition coefficient (Wildman–Crippen LogP) is 3.29. The molecule has 102 valence electrons. The summed E-state index contributed by atoms with van der Waals surface area (Å²) in [5.74, 6) is 1.37. The smallest absolute Gasteiger partial charge is 0.149 e. The van der Waals surface area contributed by atoms with Crippen molar-refractivity contribution in [2.45, 2.75) is 13.3 Å². The molecule has 0 bridgehead atoms. The molecule has 0 atom stereocenters. The summed E-state index contributed by atoms with van der Waals surface area (Å²) in [4.78, 5) is 6.40. The van der Waals surface area contributed by atoms with Crippen LogP contribution in [0.4, 0.5) is 11.6 Å². The monoisotopic (exact) mass is 291 g/mol. The van der Waals surface area contributed by atoms with E-state index in [0.29, 0.717) is 28.3 Å². The Morgan fingerprint density at radius 2 is 2.11 bits per heavy atom. The van der Waals surface area contributed by atoms with Gasteiger partial charge in [-0.05, 0) is 12.5 Å². The fraction of sp³-hybridized carbons (Fsp3) is 0.583. The molecule has 0 saturated heterocycles.